The van der Waals surface area contributed by atoms with Crippen molar-refractivity contribution in [1.82, 2.24) is 25.2 Å². The Kier molecular flexibility index (Phi) is 4.70. The smallest absolute Gasteiger partial charge is 0.258 e. The maximum Gasteiger partial charge on any atom is 0.258 e. The fourth-order valence-corrected chi connectivity index (χ4v) is 5.36. The minimum absolute atomic E-state index is 0.0205. The average molecular weight is 394 g/mol. The number of hydrogen-bond donors (Lipinski definition) is 2. The molecule has 1 aliphatic carbocycles. The van der Waals surface area contributed by atoms with Gasteiger partial charge in [-0.2, -0.15) is 0 Å². The number of H-pyrrole nitrogens is 1. The van der Waals surface area contributed by atoms with Crippen molar-refractivity contribution in [1.29, 1.82) is 0 Å². The highest BCUT2D eigenvalue weighted by molar-refractivity contribution is 5.83. The third kappa shape index (κ3) is 3.27. The number of pyridine rings is 1. The van der Waals surface area contributed by atoms with Crippen LogP contribution in [0.1, 0.15) is 73.1 Å². The summed E-state index contributed by atoms with van der Waals surface area (Å²) < 4.78 is 2.02. The Morgan fingerprint density at radius 2 is 1.86 bits per heavy atom. The van der Waals surface area contributed by atoms with Crippen LogP contribution in [0.15, 0.2) is 23.0 Å². The second-order valence-electron chi connectivity index (χ2n) is 8.82. The van der Waals surface area contributed by atoms with Crippen LogP contribution in [0, 0.1) is 13.8 Å². The van der Waals surface area contributed by atoms with Gasteiger partial charge in [0.25, 0.3) is 5.56 Å². The number of hydrogen-bond acceptors (Lipinski definition) is 4. The molecule has 1 aliphatic heterocycles. The molecule has 0 radical (unpaired) electrons. The molecule has 3 heterocycles. The van der Waals surface area contributed by atoms with Crippen LogP contribution >= 0.6 is 0 Å². The van der Waals surface area contributed by atoms with Crippen molar-refractivity contribution >= 4 is 10.9 Å². The highest BCUT2D eigenvalue weighted by Crippen LogP contribution is 2.31. The summed E-state index contributed by atoms with van der Waals surface area (Å²) in [6.07, 6.45) is 7.04. The van der Waals surface area contributed by atoms with Gasteiger partial charge in [-0.1, -0.05) is 18.9 Å². The monoisotopic (exact) mass is 393 g/mol. The van der Waals surface area contributed by atoms with Crippen LogP contribution in [0.2, 0.25) is 0 Å². The van der Waals surface area contributed by atoms with E-state index in [1.165, 1.54) is 36.1 Å². The fourth-order valence-electron chi connectivity index (χ4n) is 5.36. The quantitative estimate of drug-likeness (QED) is 0.711. The second kappa shape index (κ2) is 7.37. The molecule has 7 nitrogen and oxygen atoms in total. The summed E-state index contributed by atoms with van der Waals surface area (Å²) >= 11 is 0. The van der Waals surface area contributed by atoms with Crippen molar-refractivity contribution in [2.24, 2.45) is 0 Å². The molecule has 2 aromatic heterocycles. The summed E-state index contributed by atoms with van der Waals surface area (Å²) in [6, 6.07) is 6.54. The van der Waals surface area contributed by atoms with Gasteiger partial charge in [-0.3, -0.25) is 4.79 Å². The molecular weight excluding hydrogens is 364 g/mol. The van der Waals surface area contributed by atoms with Crippen LogP contribution in [0.5, 0.6) is 0 Å². The van der Waals surface area contributed by atoms with E-state index in [4.69, 9.17) is 0 Å². The van der Waals surface area contributed by atoms with E-state index >= 15 is 0 Å². The van der Waals surface area contributed by atoms with E-state index in [-0.39, 0.29) is 11.6 Å². The zero-order valence-electron chi connectivity index (χ0n) is 17.2. The Morgan fingerprint density at radius 1 is 1.10 bits per heavy atom. The van der Waals surface area contributed by atoms with Crippen molar-refractivity contribution < 1.29 is 4.90 Å². The van der Waals surface area contributed by atoms with E-state index in [9.17, 15) is 4.79 Å². The first-order valence-electron chi connectivity index (χ1n) is 10.9. The predicted molar refractivity (Wildman–Crippen MR) is 111 cm³/mol. The molecule has 7 heteroatoms. The standard InChI is InChI=1S/C22H28N6O/c1-14-11-15(2)17-13-18(22(29)23-19(17)12-14)20(27-9-5-6-10-27)21-24-25-26-28(21)16-7-3-4-8-16/h11-13,16,20H,3-10H2,1-2H3,(H,23,29)/p+1/t20-/m1/s1. The third-order valence-electron chi connectivity index (χ3n) is 6.75. The van der Waals surface area contributed by atoms with Crippen LogP contribution < -0.4 is 10.5 Å². The number of rotatable bonds is 4. The lowest BCUT2D eigenvalue weighted by Crippen LogP contribution is -3.10. The number of aromatic amines is 1. The third-order valence-corrected chi connectivity index (χ3v) is 6.75. The number of likely N-dealkylation sites (tertiary alicyclic amines) is 1. The normalized spacial score (nSPS) is 19.4. The van der Waals surface area contributed by atoms with E-state index in [2.05, 4.69) is 46.5 Å². The number of aryl methyl sites for hydroxylation is 2. The fraction of sp³-hybridized carbons (Fsp3) is 0.545. The zero-order chi connectivity index (χ0) is 20.0. The molecule has 0 bridgehead atoms. The summed E-state index contributed by atoms with van der Waals surface area (Å²) in [4.78, 5) is 17.8. The molecule has 2 fully saturated rings. The lowest BCUT2D eigenvalue weighted by atomic mass is 10.00. The van der Waals surface area contributed by atoms with Crippen molar-refractivity contribution in [3.8, 4) is 0 Å². The van der Waals surface area contributed by atoms with Crippen LogP contribution in [0.25, 0.3) is 10.9 Å². The first-order chi connectivity index (χ1) is 14.1. The minimum Gasteiger partial charge on any atom is -0.322 e. The topological polar surface area (TPSA) is 80.9 Å². The molecule has 2 aliphatic rings. The zero-order valence-corrected chi connectivity index (χ0v) is 17.2. The van der Waals surface area contributed by atoms with Gasteiger partial charge < -0.3 is 9.88 Å². The van der Waals surface area contributed by atoms with Crippen molar-refractivity contribution in [3.05, 3.63) is 51.1 Å². The Bertz CT molecular complexity index is 1090. The Labute approximate surface area is 170 Å². The molecule has 1 saturated heterocycles. The molecule has 1 saturated carbocycles. The van der Waals surface area contributed by atoms with Gasteiger partial charge in [-0.05, 0) is 60.4 Å². The number of benzene rings is 1. The Balaban J connectivity index is 1.68. The van der Waals surface area contributed by atoms with E-state index in [0.29, 0.717) is 6.04 Å². The molecule has 29 heavy (non-hydrogen) atoms. The van der Waals surface area contributed by atoms with Gasteiger partial charge in [0.1, 0.15) is 0 Å². The van der Waals surface area contributed by atoms with E-state index in [1.54, 1.807) is 0 Å². The average Bonchev–Trinajstić information content (AvgIpc) is 3.45. The maximum atomic E-state index is 13.2. The summed E-state index contributed by atoms with van der Waals surface area (Å²) in [5.74, 6) is 0.850. The Hall–Kier alpha value is -2.54. The minimum atomic E-state index is -0.123. The van der Waals surface area contributed by atoms with Gasteiger partial charge in [0, 0.05) is 23.7 Å². The predicted octanol–water partition coefficient (Wildman–Crippen LogP) is 2.01. The van der Waals surface area contributed by atoms with Gasteiger partial charge in [-0.15, -0.1) is 5.10 Å². The number of quaternary nitrogens is 1. The first-order valence-corrected chi connectivity index (χ1v) is 10.9. The van der Waals surface area contributed by atoms with Gasteiger partial charge in [0.15, 0.2) is 6.04 Å². The molecule has 2 N–H and O–H groups in total. The van der Waals surface area contributed by atoms with Gasteiger partial charge in [0.2, 0.25) is 5.82 Å². The molecule has 152 valence electrons. The number of nitrogens with zero attached hydrogens (tertiary/aromatic N) is 4. The summed E-state index contributed by atoms with van der Waals surface area (Å²) in [5.41, 5.74) is 4.01. The molecule has 0 amide bonds. The second-order valence-corrected chi connectivity index (χ2v) is 8.82. The van der Waals surface area contributed by atoms with E-state index < -0.39 is 0 Å². The highest BCUT2D eigenvalue weighted by atomic mass is 16.1. The van der Waals surface area contributed by atoms with E-state index in [1.807, 2.05) is 10.7 Å². The number of aromatic nitrogens is 5. The number of fused-ring (bicyclic) bond motifs is 1. The molecule has 5 rings (SSSR count). The molecule has 3 aromatic rings. The molecule has 0 spiro atoms. The van der Waals surface area contributed by atoms with Gasteiger partial charge >= 0.3 is 0 Å². The van der Waals surface area contributed by atoms with Crippen LogP contribution in [-0.2, 0) is 0 Å². The lowest BCUT2D eigenvalue weighted by molar-refractivity contribution is -0.914. The van der Waals surface area contributed by atoms with Gasteiger partial charge in [-0.25, -0.2) is 4.68 Å². The van der Waals surface area contributed by atoms with Crippen LogP contribution in [0.3, 0.4) is 0 Å². The van der Waals surface area contributed by atoms with Crippen molar-refractivity contribution in [3.63, 3.8) is 0 Å². The van der Waals surface area contributed by atoms with E-state index in [0.717, 1.165) is 53.8 Å². The van der Waals surface area contributed by atoms with Crippen LogP contribution in [-0.4, -0.2) is 38.3 Å². The van der Waals surface area contributed by atoms with Crippen molar-refractivity contribution in [2.75, 3.05) is 13.1 Å². The first kappa shape index (κ1) is 18.5. The van der Waals surface area contributed by atoms with Gasteiger partial charge in [0.05, 0.1) is 24.7 Å². The highest BCUT2D eigenvalue weighted by Gasteiger charge is 2.37. The number of tetrazole rings is 1. The lowest BCUT2D eigenvalue weighted by Gasteiger charge is -2.25. The Morgan fingerprint density at radius 3 is 2.62 bits per heavy atom. The maximum absolute atomic E-state index is 13.2. The summed E-state index contributed by atoms with van der Waals surface area (Å²) in [7, 11) is 0. The largest absolute Gasteiger partial charge is 0.322 e. The summed E-state index contributed by atoms with van der Waals surface area (Å²) in [6.45, 7) is 6.27. The molecular formula is C22H29N6O+. The molecule has 0 unspecified atom stereocenters. The SMILES string of the molecule is Cc1cc(C)c2cc([C@H](c3nnnn3C3CCCC3)[NH+]3CCCC3)c(=O)[nH]c2c1. The molecule has 1 atom stereocenters. The van der Waals surface area contributed by atoms with Crippen LogP contribution in [0.4, 0.5) is 0 Å². The van der Waals surface area contributed by atoms with Crippen molar-refractivity contribution in [2.45, 2.75) is 64.5 Å². The number of nitrogens with one attached hydrogen (secondary N) is 2. The molecule has 1 aromatic carbocycles. The summed E-state index contributed by atoms with van der Waals surface area (Å²) in [5, 5.41) is 14.0.